The molecule has 0 saturated carbocycles. The van der Waals surface area contributed by atoms with E-state index in [0.717, 1.165) is 21.9 Å². The highest BCUT2D eigenvalue weighted by molar-refractivity contribution is 7.13. The molecule has 0 spiro atoms. The number of hydrogen-bond acceptors (Lipinski definition) is 5. The Hall–Kier alpha value is -2.90. The van der Waals surface area contributed by atoms with Gasteiger partial charge < -0.3 is 15.0 Å². The Morgan fingerprint density at radius 1 is 1.19 bits per heavy atom. The van der Waals surface area contributed by atoms with Gasteiger partial charge in [-0.2, -0.15) is 0 Å². The van der Waals surface area contributed by atoms with Gasteiger partial charge in [0.05, 0.1) is 30.8 Å². The third-order valence-electron chi connectivity index (χ3n) is 4.84. The van der Waals surface area contributed by atoms with Gasteiger partial charge in [-0.05, 0) is 50.6 Å². The number of hydrogen-bond donors (Lipinski definition) is 1. The summed E-state index contributed by atoms with van der Waals surface area (Å²) in [5.41, 5.74) is 3.12. The average Bonchev–Trinajstić information content (AvgIpc) is 3.23. The van der Waals surface area contributed by atoms with Crippen LogP contribution in [0.5, 0.6) is 5.75 Å². The van der Waals surface area contributed by atoms with Crippen LogP contribution < -0.4 is 10.1 Å². The van der Waals surface area contributed by atoms with E-state index in [-0.39, 0.29) is 24.8 Å². The topological polar surface area (TPSA) is 71.5 Å². The maximum atomic E-state index is 12.8. The van der Waals surface area contributed by atoms with Gasteiger partial charge in [-0.15, -0.1) is 11.3 Å². The van der Waals surface area contributed by atoms with Crippen molar-refractivity contribution in [2.24, 2.45) is 0 Å². The lowest BCUT2D eigenvalue weighted by molar-refractivity contribution is -0.133. The first-order valence-corrected chi connectivity index (χ1v) is 11.7. The molecule has 1 aromatic heterocycles. The number of aromatic nitrogens is 1. The van der Waals surface area contributed by atoms with Crippen molar-refractivity contribution in [1.29, 1.82) is 0 Å². The van der Waals surface area contributed by atoms with E-state index in [0.29, 0.717) is 29.6 Å². The van der Waals surface area contributed by atoms with E-state index in [2.05, 4.69) is 10.3 Å². The summed E-state index contributed by atoms with van der Waals surface area (Å²) in [7, 11) is 0. The van der Waals surface area contributed by atoms with Gasteiger partial charge in [0, 0.05) is 22.6 Å². The molecule has 0 aliphatic heterocycles. The molecule has 0 aliphatic carbocycles. The number of nitrogens with zero attached hydrogens (tertiary/aromatic N) is 2. The van der Waals surface area contributed by atoms with Gasteiger partial charge in [0.15, 0.2) is 0 Å². The van der Waals surface area contributed by atoms with Gasteiger partial charge in [0.1, 0.15) is 10.8 Å². The predicted octanol–water partition coefficient (Wildman–Crippen LogP) is 5.20. The summed E-state index contributed by atoms with van der Waals surface area (Å²) in [6, 6.07) is 13.0. The van der Waals surface area contributed by atoms with Crippen LogP contribution >= 0.6 is 22.9 Å². The maximum Gasteiger partial charge on any atom is 0.244 e. The van der Waals surface area contributed by atoms with Crippen molar-refractivity contribution in [2.75, 3.05) is 25.0 Å². The van der Waals surface area contributed by atoms with Gasteiger partial charge in [-0.25, -0.2) is 4.98 Å². The highest BCUT2D eigenvalue weighted by Gasteiger charge is 2.19. The Morgan fingerprint density at radius 3 is 2.72 bits per heavy atom. The quantitative estimate of drug-likeness (QED) is 0.465. The van der Waals surface area contributed by atoms with Crippen molar-refractivity contribution in [2.45, 2.75) is 27.2 Å². The molecule has 0 unspecified atom stereocenters. The summed E-state index contributed by atoms with van der Waals surface area (Å²) in [6.45, 7) is 6.62. The van der Waals surface area contributed by atoms with Crippen molar-refractivity contribution in [3.8, 4) is 16.3 Å². The summed E-state index contributed by atoms with van der Waals surface area (Å²) in [4.78, 5) is 31.5. The monoisotopic (exact) mass is 471 g/mol. The van der Waals surface area contributed by atoms with Crippen molar-refractivity contribution >= 4 is 40.4 Å². The van der Waals surface area contributed by atoms with E-state index in [1.165, 1.54) is 16.2 Å². The van der Waals surface area contributed by atoms with Crippen LogP contribution in [0.25, 0.3) is 10.6 Å². The predicted molar refractivity (Wildman–Crippen MR) is 129 cm³/mol. The zero-order valence-electron chi connectivity index (χ0n) is 18.4. The first-order chi connectivity index (χ1) is 15.4. The number of amides is 2. The van der Waals surface area contributed by atoms with Crippen molar-refractivity contribution in [3.63, 3.8) is 0 Å². The number of ether oxygens (including phenoxy) is 1. The molecule has 6 nitrogen and oxygen atoms in total. The zero-order chi connectivity index (χ0) is 23.1. The van der Waals surface area contributed by atoms with E-state index in [9.17, 15) is 9.59 Å². The molecular weight excluding hydrogens is 446 g/mol. The normalized spacial score (nSPS) is 10.6. The fraction of sp³-hybridized carbons (Fsp3) is 0.292. The number of carbonyl (C=O) groups excluding carboxylic acids is 2. The first-order valence-electron chi connectivity index (χ1n) is 10.4. The molecule has 168 valence electrons. The van der Waals surface area contributed by atoms with Crippen molar-refractivity contribution < 1.29 is 14.3 Å². The molecule has 0 atom stereocenters. The Labute approximate surface area is 197 Å². The van der Waals surface area contributed by atoms with Crippen LogP contribution in [0.2, 0.25) is 5.02 Å². The average molecular weight is 472 g/mol. The van der Waals surface area contributed by atoms with Gasteiger partial charge in [-0.3, -0.25) is 9.59 Å². The minimum atomic E-state index is -0.268. The first kappa shape index (κ1) is 23.8. The number of rotatable bonds is 9. The number of para-hydroxylation sites is 1. The van der Waals surface area contributed by atoms with Crippen LogP contribution in [-0.2, 0) is 16.0 Å². The third kappa shape index (κ3) is 6.08. The van der Waals surface area contributed by atoms with Gasteiger partial charge in [0.2, 0.25) is 11.8 Å². The lowest BCUT2D eigenvalue weighted by atomic mass is 10.2. The van der Waals surface area contributed by atoms with E-state index in [1.807, 2.05) is 56.5 Å². The fourth-order valence-corrected chi connectivity index (χ4v) is 4.19. The summed E-state index contributed by atoms with van der Waals surface area (Å²) in [5, 5.41) is 6.05. The Kier molecular flexibility index (Phi) is 8.25. The molecule has 1 N–H and O–H groups in total. The molecule has 3 aromatic rings. The molecule has 0 bridgehead atoms. The van der Waals surface area contributed by atoms with Crippen LogP contribution in [-0.4, -0.2) is 41.4 Å². The van der Waals surface area contributed by atoms with E-state index < -0.39 is 0 Å². The molecular formula is C24H26ClN3O3S. The Morgan fingerprint density at radius 2 is 1.97 bits per heavy atom. The molecule has 2 aromatic carbocycles. The third-order valence-corrected chi connectivity index (χ3v) is 6.00. The molecule has 1 heterocycles. The maximum absolute atomic E-state index is 12.8. The number of anilines is 1. The van der Waals surface area contributed by atoms with Gasteiger partial charge in [-0.1, -0.05) is 29.8 Å². The lowest BCUT2D eigenvalue weighted by Gasteiger charge is -2.20. The van der Waals surface area contributed by atoms with Gasteiger partial charge in [0.25, 0.3) is 0 Å². The zero-order valence-corrected chi connectivity index (χ0v) is 19.9. The van der Waals surface area contributed by atoms with E-state index in [1.54, 1.807) is 12.1 Å². The van der Waals surface area contributed by atoms with E-state index >= 15 is 0 Å². The van der Waals surface area contributed by atoms with Crippen LogP contribution in [0.4, 0.5) is 5.69 Å². The largest absolute Gasteiger partial charge is 0.493 e. The highest BCUT2D eigenvalue weighted by Crippen LogP contribution is 2.32. The Bertz CT molecular complexity index is 1100. The van der Waals surface area contributed by atoms with E-state index in [4.69, 9.17) is 16.3 Å². The summed E-state index contributed by atoms with van der Waals surface area (Å²) in [5.74, 6) is 0.348. The smallest absolute Gasteiger partial charge is 0.244 e. The number of thiazole rings is 1. The summed E-state index contributed by atoms with van der Waals surface area (Å²) in [6.07, 6.45) is 0.130. The lowest BCUT2D eigenvalue weighted by Crippen LogP contribution is -2.38. The summed E-state index contributed by atoms with van der Waals surface area (Å²) >= 11 is 7.49. The Balaban J connectivity index is 1.64. The van der Waals surface area contributed by atoms with Crippen LogP contribution in [0.15, 0.2) is 47.8 Å². The molecule has 0 saturated heterocycles. The standard InChI is InChI=1S/C24H26ClN3O3S/c1-4-28(14-22(29)27-20-12-17(25)11-10-16(20)3)23(30)13-18-15-32-24(26-18)19-8-6-7-9-21(19)31-5-2/h6-12,15H,4-5,13-14H2,1-3H3,(H,27,29). The minimum absolute atomic E-state index is 0.0363. The number of halogens is 1. The molecule has 2 amide bonds. The second-order valence-corrected chi connectivity index (χ2v) is 8.46. The number of aryl methyl sites for hydroxylation is 1. The van der Waals surface area contributed by atoms with Crippen LogP contribution in [0.3, 0.4) is 0 Å². The number of benzene rings is 2. The minimum Gasteiger partial charge on any atom is -0.493 e. The van der Waals surface area contributed by atoms with Crippen LogP contribution in [0.1, 0.15) is 25.1 Å². The fourth-order valence-electron chi connectivity index (χ4n) is 3.17. The SMILES string of the molecule is CCOc1ccccc1-c1nc(CC(=O)N(CC)CC(=O)Nc2cc(Cl)ccc2C)cs1. The molecule has 0 radical (unpaired) electrons. The van der Waals surface area contributed by atoms with Gasteiger partial charge >= 0.3 is 0 Å². The second-order valence-electron chi connectivity index (χ2n) is 7.17. The number of nitrogens with one attached hydrogen (secondary N) is 1. The molecule has 3 rings (SSSR count). The highest BCUT2D eigenvalue weighted by atomic mass is 35.5. The number of likely N-dealkylation sites (N-methyl/N-ethyl adjacent to an activating group) is 1. The summed E-state index contributed by atoms with van der Waals surface area (Å²) < 4.78 is 5.68. The van der Waals surface area contributed by atoms with Crippen LogP contribution in [0, 0.1) is 6.92 Å². The molecule has 32 heavy (non-hydrogen) atoms. The second kappa shape index (κ2) is 11.1. The molecule has 8 heteroatoms. The van der Waals surface area contributed by atoms with Crippen molar-refractivity contribution in [1.82, 2.24) is 9.88 Å². The molecule has 0 aliphatic rings. The molecule has 0 fully saturated rings. The van der Waals surface area contributed by atoms with Crippen molar-refractivity contribution in [3.05, 3.63) is 64.1 Å². The number of carbonyl (C=O) groups is 2.